The number of carbonyl (C=O) groups excluding carboxylic acids is 1. The third-order valence-electron chi connectivity index (χ3n) is 5.78. The van der Waals surface area contributed by atoms with Crippen molar-refractivity contribution in [1.82, 2.24) is 4.90 Å². The van der Waals surface area contributed by atoms with Crippen molar-refractivity contribution in [3.05, 3.63) is 30.3 Å². The van der Waals surface area contributed by atoms with Crippen LogP contribution >= 0.6 is 0 Å². The van der Waals surface area contributed by atoms with Crippen LogP contribution in [0.1, 0.15) is 32.1 Å². The second kappa shape index (κ2) is 7.68. The highest BCUT2D eigenvalue weighted by Gasteiger charge is 2.39. The van der Waals surface area contributed by atoms with Crippen LogP contribution in [-0.4, -0.2) is 59.4 Å². The molecule has 3 heterocycles. The van der Waals surface area contributed by atoms with E-state index in [-0.39, 0.29) is 12.3 Å². The number of aliphatic carboxylic acids is 1. The number of para-hydroxylation sites is 1. The van der Waals surface area contributed by atoms with Crippen LogP contribution < -0.4 is 5.01 Å². The summed E-state index contributed by atoms with van der Waals surface area (Å²) >= 11 is 0. The molecule has 2 fully saturated rings. The van der Waals surface area contributed by atoms with Crippen LogP contribution in [0.3, 0.4) is 0 Å². The first-order valence-electron chi connectivity index (χ1n) is 9.69. The standard InChI is InChI=1S/C20H25N3O4/c24-19(22-10-8-14(9-11-22)18-7-4-12-27-18)16-13-17(20(25)26)23(21-16)15-5-2-1-3-6-15/h1-3,5-6,14,17-18H,4,7-13H2,(H,25,26). The molecule has 144 valence electrons. The molecule has 1 N–H and O–H groups in total. The Balaban J connectivity index is 1.43. The summed E-state index contributed by atoms with van der Waals surface area (Å²) in [6.45, 7) is 2.23. The van der Waals surface area contributed by atoms with Gasteiger partial charge in [0.15, 0.2) is 6.04 Å². The molecule has 7 heteroatoms. The second-order valence-corrected chi connectivity index (χ2v) is 7.47. The first-order chi connectivity index (χ1) is 13.1. The molecular weight excluding hydrogens is 346 g/mol. The molecule has 1 amide bonds. The van der Waals surface area contributed by atoms with E-state index in [1.165, 1.54) is 5.01 Å². The maximum atomic E-state index is 12.9. The number of carboxylic acid groups (broad SMARTS) is 1. The van der Waals surface area contributed by atoms with E-state index in [2.05, 4.69) is 5.10 Å². The number of ether oxygens (including phenoxy) is 1. The number of likely N-dealkylation sites (tertiary alicyclic amines) is 1. The third-order valence-corrected chi connectivity index (χ3v) is 5.78. The van der Waals surface area contributed by atoms with E-state index >= 15 is 0 Å². The molecular formula is C20H25N3O4. The first-order valence-corrected chi connectivity index (χ1v) is 9.69. The van der Waals surface area contributed by atoms with Crippen molar-refractivity contribution in [1.29, 1.82) is 0 Å². The zero-order chi connectivity index (χ0) is 18.8. The van der Waals surface area contributed by atoms with Crippen LogP contribution in [0.25, 0.3) is 0 Å². The molecule has 3 aliphatic rings. The Bertz CT molecular complexity index is 722. The Morgan fingerprint density at radius 2 is 1.85 bits per heavy atom. The smallest absolute Gasteiger partial charge is 0.328 e. The van der Waals surface area contributed by atoms with Gasteiger partial charge in [0.05, 0.1) is 11.8 Å². The molecule has 7 nitrogen and oxygen atoms in total. The van der Waals surface area contributed by atoms with Gasteiger partial charge >= 0.3 is 5.97 Å². The lowest BCUT2D eigenvalue weighted by molar-refractivity contribution is -0.138. The predicted molar refractivity (Wildman–Crippen MR) is 101 cm³/mol. The fourth-order valence-corrected chi connectivity index (χ4v) is 4.28. The Labute approximate surface area is 158 Å². The number of hydrazone groups is 1. The molecule has 0 spiro atoms. The van der Waals surface area contributed by atoms with Gasteiger partial charge in [-0.05, 0) is 43.7 Å². The monoisotopic (exact) mass is 371 g/mol. The third kappa shape index (κ3) is 3.69. The number of carboxylic acids is 1. The Morgan fingerprint density at radius 1 is 1.11 bits per heavy atom. The van der Waals surface area contributed by atoms with Crippen LogP contribution in [-0.2, 0) is 14.3 Å². The molecule has 1 aromatic carbocycles. The van der Waals surface area contributed by atoms with Gasteiger partial charge in [-0.25, -0.2) is 4.79 Å². The topological polar surface area (TPSA) is 82.4 Å². The van der Waals surface area contributed by atoms with Gasteiger partial charge in [0.1, 0.15) is 5.71 Å². The molecule has 0 radical (unpaired) electrons. The number of rotatable bonds is 4. The normalized spacial score (nSPS) is 26.3. The average Bonchev–Trinajstić information content (AvgIpc) is 3.38. The lowest BCUT2D eigenvalue weighted by atomic mass is 9.89. The number of amides is 1. The molecule has 2 saturated heterocycles. The van der Waals surface area contributed by atoms with Crippen LogP contribution in [0.2, 0.25) is 0 Å². The zero-order valence-electron chi connectivity index (χ0n) is 15.3. The molecule has 0 aliphatic carbocycles. The predicted octanol–water partition coefficient (Wildman–Crippen LogP) is 2.12. The van der Waals surface area contributed by atoms with E-state index in [9.17, 15) is 14.7 Å². The van der Waals surface area contributed by atoms with Gasteiger partial charge in [0.25, 0.3) is 5.91 Å². The average molecular weight is 371 g/mol. The van der Waals surface area contributed by atoms with E-state index in [1.807, 2.05) is 23.1 Å². The van der Waals surface area contributed by atoms with E-state index < -0.39 is 12.0 Å². The minimum Gasteiger partial charge on any atom is -0.480 e. The van der Waals surface area contributed by atoms with Gasteiger partial charge in [-0.3, -0.25) is 9.80 Å². The van der Waals surface area contributed by atoms with Crippen molar-refractivity contribution in [3.8, 4) is 0 Å². The summed E-state index contributed by atoms with van der Waals surface area (Å²) in [6.07, 6.45) is 4.61. The van der Waals surface area contributed by atoms with E-state index in [1.54, 1.807) is 12.1 Å². The lowest BCUT2D eigenvalue weighted by Crippen LogP contribution is -2.44. The number of nitrogens with zero attached hydrogens (tertiary/aromatic N) is 3. The maximum Gasteiger partial charge on any atom is 0.328 e. The molecule has 2 atom stereocenters. The summed E-state index contributed by atoms with van der Waals surface area (Å²) in [6, 6.07) is 8.30. The number of hydrogen-bond donors (Lipinski definition) is 1. The van der Waals surface area contributed by atoms with Crippen LogP contribution in [0.5, 0.6) is 0 Å². The maximum absolute atomic E-state index is 12.9. The van der Waals surface area contributed by atoms with Gasteiger partial charge in [0, 0.05) is 26.1 Å². The minimum absolute atomic E-state index is 0.134. The molecule has 0 aromatic heterocycles. The second-order valence-electron chi connectivity index (χ2n) is 7.47. The Kier molecular flexibility index (Phi) is 5.11. The van der Waals surface area contributed by atoms with E-state index in [0.717, 1.165) is 32.3 Å². The summed E-state index contributed by atoms with van der Waals surface area (Å²) in [7, 11) is 0. The SMILES string of the molecule is O=C(O)C1CC(C(=O)N2CCC(C3CCCO3)CC2)=NN1c1ccccc1. The summed E-state index contributed by atoms with van der Waals surface area (Å²) in [5.41, 5.74) is 1.02. The molecule has 0 bridgehead atoms. The zero-order valence-corrected chi connectivity index (χ0v) is 15.3. The van der Waals surface area contributed by atoms with Crippen LogP contribution in [0.15, 0.2) is 35.4 Å². The van der Waals surface area contributed by atoms with Gasteiger partial charge in [0.2, 0.25) is 0 Å². The lowest BCUT2D eigenvalue weighted by Gasteiger charge is -2.34. The molecule has 2 unspecified atom stereocenters. The number of hydrogen-bond acceptors (Lipinski definition) is 5. The number of benzene rings is 1. The Morgan fingerprint density at radius 3 is 2.48 bits per heavy atom. The fraction of sp³-hybridized carbons (Fsp3) is 0.550. The Hall–Kier alpha value is -2.41. The number of carbonyl (C=O) groups is 2. The molecule has 3 aliphatic heterocycles. The quantitative estimate of drug-likeness (QED) is 0.877. The van der Waals surface area contributed by atoms with Crippen molar-refractivity contribution < 1.29 is 19.4 Å². The number of anilines is 1. The molecule has 4 rings (SSSR count). The fourth-order valence-electron chi connectivity index (χ4n) is 4.28. The minimum atomic E-state index is -0.970. The van der Waals surface area contributed by atoms with Gasteiger partial charge < -0.3 is 14.7 Å². The summed E-state index contributed by atoms with van der Waals surface area (Å²) in [5.74, 6) is -0.581. The number of piperidine rings is 1. The summed E-state index contributed by atoms with van der Waals surface area (Å²) < 4.78 is 5.79. The highest BCUT2D eigenvalue weighted by molar-refractivity contribution is 6.40. The van der Waals surface area contributed by atoms with E-state index in [0.29, 0.717) is 36.5 Å². The first kappa shape index (κ1) is 18.0. The van der Waals surface area contributed by atoms with E-state index in [4.69, 9.17) is 4.74 Å². The van der Waals surface area contributed by atoms with Crippen molar-refractivity contribution in [2.24, 2.45) is 11.0 Å². The largest absolute Gasteiger partial charge is 0.480 e. The van der Waals surface area contributed by atoms with Crippen LogP contribution in [0, 0.1) is 5.92 Å². The highest BCUT2D eigenvalue weighted by Crippen LogP contribution is 2.30. The summed E-state index contributed by atoms with van der Waals surface area (Å²) in [5, 5.41) is 15.4. The van der Waals surface area contributed by atoms with Crippen LogP contribution in [0.4, 0.5) is 5.69 Å². The molecule has 1 aromatic rings. The van der Waals surface area contributed by atoms with Crippen molar-refractivity contribution in [2.45, 2.75) is 44.2 Å². The van der Waals surface area contributed by atoms with Gasteiger partial charge in [-0.2, -0.15) is 5.10 Å². The van der Waals surface area contributed by atoms with Crippen molar-refractivity contribution in [2.75, 3.05) is 24.7 Å². The summed E-state index contributed by atoms with van der Waals surface area (Å²) in [4.78, 5) is 26.4. The molecule has 0 saturated carbocycles. The van der Waals surface area contributed by atoms with Crippen molar-refractivity contribution >= 4 is 23.3 Å². The van der Waals surface area contributed by atoms with Gasteiger partial charge in [-0.1, -0.05) is 18.2 Å². The van der Waals surface area contributed by atoms with Gasteiger partial charge in [-0.15, -0.1) is 0 Å². The highest BCUT2D eigenvalue weighted by atomic mass is 16.5. The van der Waals surface area contributed by atoms with Crippen molar-refractivity contribution in [3.63, 3.8) is 0 Å². The molecule has 27 heavy (non-hydrogen) atoms.